The van der Waals surface area contributed by atoms with Gasteiger partial charge in [-0.3, -0.25) is 15.1 Å². The molecule has 1 aliphatic rings. The molecule has 3 aromatic rings. The summed E-state index contributed by atoms with van der Waals surface area (Å²) in [6, 6.07) is 3.45. The molecule has 4 rings (SSSR count). The number of nitrogens with zero attached hydrogens (tertiary/aromatic N) is 4. The molecule has 8 nitrogen and oxygen atoms in total. The molecule has 44 heavy (non-hydrogen) atoms. The lowest BCUT2D eigenvalue weighted by atomic mass is 9.79. The van der Waals surface area contributed by atoms with Crippen LogP contribution in [0.4, 0.5) is 5.13 Å². The summed E-state index contributed by atoms with van der Waals surface area (Å²) in [5, 5.41) is 12.0. The fraction of sp³-hybridized carbons (Fsp3) is 0.441. The van der Waals surface area contributed by atoms with Crippen LogP contribution in [0.3, 0.4) is 0 Å². The van der Waals surface area contributed by atoms with E-state index >= 15 is 0 Å². The van der Waals surface area contributed by atoms with Crippen LogP contribution in [0.2, 0.25) is 5.15 Å². The van der Waals surface area contributed by atoms with Crippen LogP contribution in [0.15, 0.2) is 59.5 Å². The maximum Gasteiger partial charge on any atom is 0.259 e. The second kappa shape index (κ2) is 17.8. The van der Waals surface area contributed by atoms with Crippen molar-refractivity contribution in [1.29, 1.82) is 0 Å². The Morgan fingerprint density at radius 2 is 1.82 bits per heavy atom. The smallest absolute Gasteiger partial charge is 0.259 e. The van der Waals surface area contributed by atoms with Gasteiger partial charge in [0.25, 0.3) is 5.91 Å². The maximum atomic E-state index is 12.7. The Hall–Kier alpha value is -3.40. The first-order valence-electron chi connectivity index (χ1n) is 14.9. The molecule has 0 unspecified atom stereocenters. The Balaban J connectivity index is 0.000000311. The molecule has 10 heteroatoms. The summed E-state index contributed by atoms with van der Waals surface area (Å²) in [5.41, 5.74) is 6.97. The van der Waals surface area contributed by atoms with Crippen molar-refractivity contribution in [3.63, 3.8) is 0 Å². The number of amides is 1. The molecule has 0 radical (unpaired) electrons. The highest BCUT2D eigenvalue weighted by molar-refractivity contribution is 7.15. The number of rotatable bonds is 9. The highest BCUT2D eigenvalue weighted by Gasteiger charge is 2.35. The van der Waals surface area contributed by atoms with Gasteiger partial charge in [0.2, 0.25) is 5.13 Å². The predicted molar refractivity (Wildman–Crippen MR) is 183 cm³/mol. The Bertz CT molecular complexity index is 1490. The lowest BCUT2D eigenvalue weighted by Gasteiger charge is -2.39. The monoisotopic (exact) mass is 639 g/mol. The van der Waals surface area contributed by atoms with Crippen LogP contribution in [-0.2, 0) is 4.74 Å². The third-order valence-electron chi connectivity index (χ3n) is 6.85. The van der Waals surface area contributed by atoms with E-state index in [4.69, 9.17) is 21.1 Å². The van der Waals surface area contributed by atoms with E-state index < -0.39 is 0 Å². The molecule has 1 amide bonds. The van der Waals surface area contributed by atoms with Gasteiger partial charge in [0, 0.05) is 28.4 Å². The molecule has 1 aliphatic heterocycles. The highest BCUT2D eigenvalue weighted by atomic mass is 35.5. The molecule has 0 spiro atoms. The number of carbonyl (C=O) groups excluding carboxylic acids is 1. The van der Waals surface area contributed by atoms with Crippen LogP contribution in [0, 0.1) is 19.3 Å². The van der Waals surface area contributed by atoms with Crippen molar-refractivity contribution in [2.75, 3.05) is 25.6 Å². The molecule has 1 N–H and O–H groups in total. The number of aryl methyl sites for hydroxylation is 2. The summed E-state index contributed by atoms with van der Waals surface area (Å²) < 4.78 is 10.7. The number of methoxy groups -OCH3 is 1. The van der Waals surface area contributed by atoms with Gasteiger partial charge in [0.15, 0.2) is 0 Å². The molecule has 0 aliphatic carbocycles. The summed E-state index contributed by atoms with van der Waals surface area (Å²) in [6.45, 7) is 20.4. The van der Waals surface area contributed by atoms with Crippen molar-refractivity contribution in [3.05, 3.63) is 80.9 Å². The van der Waals surface area contributed by atoms with Crippen LogP contribution in [0.5, 0.6) is 5.75 Å². The highest BCUT2D eigenvalue weighted by Crippen LogP contribution is 2.36. The van der Waals surface area contributed by atoms with E-state index in [0.717, 1.165) is 23.9 Å². The Morgan fingerprint density at radius 1 is 1.11 bits per heavy atom. The van der Waals surface area contributed by atoms with Crippen molar-refractivity contribution in [1.82, 2.24) is 20.2 Å². The van der Waals surface area contributed by atoms with E-state index in [1.807, 2.05) is 27.7 Å². The van der Waals surface area contributed by atoms with Crippen LogP contribution >= 0.6 is 22.9 Å². The molecule has 238 valence electrons. The quantitative estimate of drug-likeness (QED) is 0.184. The first-order valence-corrected chi connectivity index (χ1v) is 16.1. The van der Waals surface area contributed by atoms with E-state index in [9.17, 15) is 4.79 Å². The number of aromatic nitrogens is 4. The number of halogens is 1. The van der Waals surface area contributed by atoms with E-state index in [-0.39, 0.29) is 11.3 Å². The summed E-state index contributed by atoms with van der Waals surface area (Å²) in [5.74, 6) is 0.171. The zero-order valence-electron chi connectivity index (χ0n) is 27.7. The molecule has 3 aromatic heterocycles. The van der Waals surface area contributed by atoms with Crippen molar-refractivity contribution < 1.29 is 14.3 Å². The van der Waals surface area contributed by atoms with E-state index in [1.54, 1.807) is 12.1 Å². The summed E-state index contributed by atoms with van der Waals surface area (Å²) >= 11 is 7.32. The maximum absolute atomic E-state index is 12.7. The first-order chi connectivity index (χ1) is 21.0. The number of hydrogen-bond acceptors (Lipinski definition) is 8. The fourth-order valence-corrected chi connectivity index (χ4v) is 5.19. The minimum absolute atomic E-state index is 0.240. The zero-order chi connectivity index (χ0) is 32.9. The number of allylic oxidation sites excluding steroid dienone is 5. The molecule has 1 saturated heterocycles. The second-order valence-electron chi connectivity index (χ2n) is 10.6. The minimum Gasteiger partial charge on any atom is -0.494 e. The van der Waals surface area contributed by atoms with Gasteiger partial charge in [-0.15, -0.1) is 10.2 Å². The lowest BCUT2D eigenvalue weighted by molar-refractivity contribution is -0.0759. The molecular formula is C34H46ClN5O3S. The van der Waals surface area contributed by atoms with Crippen LogP contribution < -0.4 is 10.1 Å². The van der Waals surface area contributed by atoms with Crippen LogP contribution in [0.25, 0.3) is 11.1 Å². The third-order valence-corrected chi connectivity index (χ3v) is 7.81. The van der Waals surface area contributed by atoms with E-state index in [2.05, 4.69) is 78.3 Å². The van der Waals surface area contributed by atoms with Gasteiger partial charge in [0.1, 0.15) is 15.9 Å². The van der Waals surface area contributed by atoms with Gasteiger partial charge < -0.3 is 9.47 Å². The number of pyridine rings is 2. The van der Waals surface area contributed by atoms with Crippen LogP contribution in [-0.4, -0.2) is 46.4 Å². The number of ether oxygens (including phenoxy) is 2. The SMILES string of the molecule is C/C=C(\C=C/C(CCC)=C(C)C)C1(C)COC1.CC.COc1cnc(Cl)cc1-c1cc(C)ncc1C(=O)Nc1nnc(C)s1. The number of nitrogens with one attached hydrogen (secondary N) is 1. The number of anilines is 1. The first kappa shape index (κ1) is 36.8. The molecule has 1 fully saturated rings. The van der Waals surface area contributed by atoms with E-state index in [0.29, 0.717) is 32.7 Å². The van der Waals surface area contributed by atoms with Gasteiger partial charge in [-0.05, 0) is 64.3 Å². The van der Waals surface area contributed by atoms with Crippen molar-refractivity contribution in [3.8, 4) is 16.9 Å². The molecule has 0 saturated carbocycles. The average molecular weight is 640 g/mol. The standard InChI is InChI=1S/C16H14ClN5O2S.C16H26O.C2H6/c1-8-4-10(11-5-14(17)19-7-13(11)24-3)12(6-18-8)15(23)20-16-22-21-9(2)25-16;1-6-8-14(13(3)4)9-10-15(7-2)16(5)11-17-12-16;1-2/h4-7H,1-3H3,(H,20,22,23);7,9-10H,6,8,11-12H2,1-5H3;1-2H3/b;10-9-,15-7+;. The zero-order valence-corrected chi connectivity index (χ0v) is 29.2. The topological polar surface area (TPSA) is 99.1 Å². The Kier molecular flexibility index (Phi) is 14.9. The number of carbonyl (C=O) groups is 1. The molecule has 0 atom stereocenters. The van der Waals surface area contributed by atoms with Crippen molar-refractivity contribution >= 4 is 34.0 Å². The molecule has 0 aromatic carbocycles. The summed E-state index contributed by atoms with van der Waals surface area (Å²) in [7, 11) is 1.53. The van der Waals surface area contributed by atoms with Gasteiger partial charge in [0.05, 0.1) is 32.1 Å². The van der Waals surface area contributed by atoms with Gasteiger partial charge >= 0.3 is 0 Å². The van der Waals surface area contributed by atoms with Gasteiger partial charge in [-0.25, -0.2) is 4.98 Å². The lowest BCUT2D eigenvalue weighted by Crippen LogP contribution is -2.40. The number of hydrogen-bond donors (Lipinski definition) is 1. The predicted octanol–water partition coefficient (Wildman–Crippen LogP) is 9.21. The van der Waals surface area contributed by atoms with Gasteiger partial charge in [-0.2, -0.15) is 0 Å². The van der Waals surface area contributed by atoms with Crippen LogP contribution in [0.1, 0.15) is 82.4 Å². The molecule has 4 heterocycles. The molecular weight excluding hydrogens is 594 g/mol. The Labute approximate surface area is 271 Å². The van der Waals surface area contributed by atoms with Crippen molar-refractivity contribution in [2.24, 2.45) is 5.41 Å². The fourth-order valence-electron chi connectivity index (χ4n) is 4.45. The minimum atomic E-state index is -0.339. The van der Waals surface area contributed by atoms with Gasteiger partial charge in [-0.1, -0.05) is 80.9 Å². The van der Waals surface area contributed by atoms with E-state index in [1.165, 1.54) is 60.4 Å². The summed E-state index contributed by atoms with van der Waals surface area (Å²) in [6.07, 6.45) is 12.2. The normalized spacial score (nSPS) is 13.6. The molecule has 0 bridgehead atoms. The second-order valence-corrected chi connectivity index (χ2v) is 12.1. The van der Waals surface area contributed by atoms with Crippen molar-refractivity contribution in [2.45, 2.75) is 75.2 Å². The summed E-state index contributed by atoms with van der Waals surface area (Å²) in [4.78, 5) is 21.0. The third kappa shape index (κ3) is 10.1. The Morgan fingerprint density at radius 3 is 2.34 bits per heavy atom. The average Bonchev–Trinajstić information content (AvgIpc) is 3.41. The largest absolute Gasteiger partial charge is 0.494 e.